The predicted octanol–water partition coefficient (Wildman–Crippen LogP) is 17.5. The number of hydrogen-bond donors (Lipinski definition) is 0. The van der Waals surface area contributed by atoms with Crippen molar-refractivity contribution in [3.63, 3.8) is 0 Å². The molecular formula is C63H44N2O2. The van der Waals surface area contributed by atoms with E-state index in [0.29, 0.717) is 0 Å². The molecule has 4 nitrogen and oxygen atoms in total. The lowest BCUT2D eigenvalue weighted by Crippen LogP contribution is -2.42. The fourth-order valence-electron chi connectivity index (χ4n) is 10.6. The van der Waals surface area contributed by atoms with Crippen LogP contribution in [0.2, 0.25) is 0 Å². The quantitative estimate of drug-likeness (QED) is 0.153. The molecule has 0 fully saturated rings. The van der Waals surface area contributed by atoms with E-state index in [9.17, 15) is 0 Å². The van der Waals surface area contributed by atoms with E-state index in [2.05, 4.69) is 229 Å². The molecule has 0 saturated heterocycles. The van der Waals surface area contributed by atoms with E-state index in [1.54, 1.807) is 0 Å². The van der Waals surface area contributed by atoms with Crippen LogP contribution >= 0.6 is 0 Å². The van der Waals surface area contributed by atoms with Gasteiger partial charge >= 0.3 is 0 Å². The SMILES string of the molecule is C=Cc1cccc2c1oc1c(-c3ccc(N(c4ccc(-c5ccc(-n6c7ccccc7c7ccccc76)cc5)cc4)C4(C)C=CC(c5cccc6c5oc5ccccc56)=CC4)cc3)cccc12. The van der Waals surface area contributed by atoms with Crippen molar-refractivity contribution < 1.29 is 8.83 Å². The van der Waals surface area contributed by atoms with Crippen LogP contribution in [0.5, 0.6) is 0 Å². The summed E-state index contributed by atoms with van der Waals surface area (Å²) >= 11 is 0. The summed E-state index contributed by atoms with van der Waals surface area (Å²) in [5, 5.41) is 7.00. The van der Waals surface area contributed by atoms with E-state index in [4.69, 9.17) is 8.83 Å². The van der Waals surface area contributed by atoms with Crippen molar-refractivity contribution in [2.45, 2.75) is 18.9 Å². The van der Waals surface area contributed by atoms with Crippen LogP contribution in [-0.2, 0) is 0 Å². The van der Waals surface area contributed by atoms with Crippen molar-refractivity contribution in [2.24, 2.45) is 0 Å². The molecule has 3 aromatic heterocycles. The van der Waals surface area contributed by atoms with Crippen LogP contribution in [0.1, 0.15) is 24.5 Å². The Labute approximate surface area is 388 Å². The van der Waals surface area contributed by atoms with E-state index >= 15 is 0 Å². The van der Waals surface area contributed by atoms with Gasteiger partial charge in [0.2, 0.25) is 0 Å². The summed E-state index contributed by atoms with van der Waals surface area (Å²) in [6.07, 6.45) is 9.66. The highest BCUT2D eigenvalue weighted by atomic mass is 16.3. The Kier molecular flexibility index (Phi) is 8.84. The van der Waals surface area contributed by atoms with E-state index in [0.717, 1.165) is 101 Å². The Balaban J connectivity index is 0.869. The summed E-state index contributed by atoms with van der Waals surface area (Å²) in [4.78, 5) is 2.48. The summed E-state index contributed by atoms with van der Waals surface area (Å²) in [6, 6.07) is 71.7. The number of para-hydroxylation sites is 6. The van der Waals surface area contributed by atoms with Gasteiger partial charge in [0.25, 0.3) is 0 Å². The number of aromatic nitrogens is 1. The van der Waals surface area contributed by atoms with Gasteiger partial charge in [-0.25, -0.2) is 0 Å². The predicted molar refractivity (Wildman–Crippen MR) is 281 cm³/mol. The van der Waals surface area contributed by atoms with Gasteiger partial charge in [0.1, 0.15) is 22.3 Å². The van der Waals surface area contributed by atoms with Crippen LogP contribution in [-0.4, -0.2) is 10.1 Å². The highest BCUT2D eigenvalue weighted by Gasteiger charge is 2.33. The second kappa shape index (κ2) is 15.3. The second-order valence-corrected chi connectivity index (χ2v) is 17.9. The first kappa shape index (κ1) is 38.8. The van der Waals surface area contributed by atoms with Gasteiger partial charge in [0.05, 0.1) is 16.6 Å². The average Bonchev–Trinajstić information content (AvgIpc) is 4.07. The van der Waals surface area contributed by atoms with E-state index in [-0.39, 0.29) is 0 Å². The minimum atomic E-state index is -0.391. The topological polar surface area (TPSA) is 34.5 Å². The Bertz CT molecular complexity index is 3920. The molecule has 0 bridgehead atoms. The fourth-order valence-corrected chi connectivity index (χ4v) is 10.6. The second-order valence-electron chi connectivity index (χ2n) is 17.9. The fraction of sp³-hybridized carbons (Fsp3) is 0.0476. The standard InChI is InChI=1S/C63H44N2O2/c1-3-41-13-10-19-55-56-21-12-17-49(62(56)67-60(41)55)44-29-35-48(36-30-44)65(63(2)39-37-45(38-40-63)50-18-11-20-54-53-16-6-9-24-59(53)66-61(50)54)47-33-27-43(28-34-47)42-25-31-46(32-26-42)64-57-22-7-4-14-51(57)52-15-5-8-23-58(52)64/h3-39H,1,40H2,2H3. The molecule has 1 unspecified atom stereocenters. The lowest BCUT2D eigenvalue weighted by molar-refractivity contribution is 0.571. The molecule has 0 N–H and O–H groups in total. The summed E-state index contributed by atoms with van der Waals surface area (Å²) < 4.78 is 15.5. The minimum Gasteiger partial charge on any atom is -0.455 e. The Morgan fingerprint density at radius 3 is 1.66 bits per heavy atom. The van der Waals surface area contributed by atoms with Crippen molar-refractivity contribution in [2.75, 3.05) is 4.90 Å². The number of furan rings is 2. The Morgan fingerprint density at radius 2 is 1.01 bits per heavy atom. The zero-order valence-electron chi connectivity index (χ0n) is 37.0. The highest BCUT2D eigenvalue weighted by Crippen LogP contribution is 2.44. The van der Waals surface area contributed by atoms with Crippen LogP contribution in [0.25, 0.3) is 105 Å². The number of allylic oxidation sites excluding steroid dienone is 2. The summed E-state index contributed by atoms with van der Waals surface area (Å²) in [5.41, 5.74) is 16.7. The van der Waals surface area contributed by atoms with Crippen LogP contribution in [0.15, 0.2) is 234 Å². The van der Waals surface area contributed by atoms with Gasteiger partial charge in [-0.3, -0.25) is 0 Å². The number of nitrogens with zero attached hydrogens (tertiary/aromatic N) is 2. The zero-order valence-corrected chi connectivity index (χ0v) is 37.0. The third-order valence-corrected chi connectivity index (χ3v) is 14.0. The van der Waals surface area contributed by atoms with Crippen molar-refractivity contribution in [1.82, 2.24) is 4.57 Å². The normalized spacial score (nSPS) is 15.0. The molecular weight excluding hydrogens is 817 g/mol. The van der Waals surface area contributed by atoms with Crippen molar-refractivity contribution >= 4 is 88.7 Å². The summed E-state index contributed by atoms with van der Waals surface area (Å²) in [5.74, 6) is 0. The maximum atomic E-state index is 6.61. The Morgan fingerprint density at radius 1 is 0.493 bits per heavy atom. The van der Waals surface area contributed by atoms with E-state index < -0.39 is 5.54 Å². The lowest BCUT2D eigenvalue weighted by Gasteiger charge is -2.42. The number of anilines is 2. The molecule has 3 heterocycles. The van der Waals surface area contributed by atoms with Crippen LogP contribution in [0.3, 0.4) is 0 Å². The van der Waals surface area contributed by atoms with Crippen LogP contribution in [0, 0.1) is 0 Å². The van der Waals surface area contributed by atoms with Gasteiger partial charge in [0.15, 0.2) is 0 Å². The molecule has 0 amide bonds. The molecule has 1 aliphatic rings. The first-order chi connectivity index (χ1) is 33.0. The Hall–Kier alpha value is -8.60. The summed E-state index contributed by atoms with van der Waals surface area (Å²) in [7, 11) is 0. The molecule has 67 heavy (non-hydrogen) atoms. The molecule has 0 aliphatic heterocycles. The largest absolute Gasteiger partial charge is 0.455 e. The van der Waals surface area contributed by atoms with Gasteiger partial charge in [0, 0.05) is 66.1 Å². The smallest absolute Gasteiger partial charge is 0.143 e. The molecule has 9 aromatic carbocycles. The van der Waals surface area contributed by atoms with Crippen LogP contribution < -0.4 is 4.90 Å². The molecule has 13 rings (SSSR count). The third kappa shape index (κ3) is 6.21. The van der Waals surface area contributed by atoms with Gasteiger partial charge in [-0.05, 0) is 90.2 Å². The molecule has 1 atom stereocenters. The van der Waals surface area contributed by atoms with Gasteiger partial charge < -0.3 is 18.3 Å². The highest BCUT2D eigenvalue weighted by molar-refractivity contribution is 6.12. The molecule has 12 aromatic rings. The average molecular weight is 861 g/mol. The van der Waals surface area contributed by atoms with E-state index in [1.807, 2.05) is 18.2 Å². The maximum absolute atomic E-state index is 6.61. The molecule has 0 radical (unpaired) electrons. The van der Waals surface area contributed by atoms with Crippen molar-refractivity contribution in [3.8, 4) is 27.9 Å². The van der Waals surface area contributed by atoms with Gasteiger partial charge in [-0.2, -0.15) is 0 Å². The first-order valence-electron chi connectivity index (χ1n) is 23.0. The van der Waals surface area contributed by atoms with Gasteiger partial charge in [-0.15, -0.1) is 0 Å². The third-order valence-electron chi connectivity index (χ3n) is 14.0. The molecule has 1 aliphatic carbocycles. The van der Waals surface area contributed by atoms with Gasteiger partial charge in [-0.1, -0.05) is 176 Å². The molecule has 318 valence electrons. The number of hydrogen-bond acceptors (Lipinski definition) is 3. The molecule has 0 saturated carbocycles. The molecule has 0 spiro atoms. The first-order valence-corrected chi connectivity index (χ1v) is 23.0. The summed E-state index contributed by atoms with van der Waals surface area (Å²) in [6.45, 7) is 6.37. The monoisotopic (exact) mass is 860 g/mol. The minimum absolute atomic E-state index is 0.391. The van der Waals surface area contributed by atoms with Crippen LogP contribution in [0.4, 0.5) is 11.4 Å². The number of benzene rings is 9. The van der Waals surface area contributed by atoms with Crippen molar-refractivity contribution in [3.05, 3.63) is 236 Å². The molecule has 4 heteroatoms. The zero-order chi connectivity index (χ0) is 44.6. The van der Waals surface area contributed by atoms with Crippen molar-refractivity contribution in [1.29, 1.82) is 0 Å². The number of rotatable bonds is 8. The maximum Gasteiger partial charge on any atom is 0.143 e. The number of fused-ring (bicyclic) bond motifs is 9. The lowest BCUT2D eigenvalue weighted by atomic mass is 9.85. The van der Waals surface area contributed by atoms with E-state index in [1.165, 1.54) is 27.4 Å².